The van der Waals surface area contributed by atoms with E-state index in [-0.39, 0.29) is 5.91 Å². The maximum absolute atomic E-state index is 12.7. The van der Waals surface area contributed by atoms with Crippen molar-refractivity contribution in [2.24, 2.45) is 0 Å². The van der Waals surface area contributed by atoms with E-state index in [1.54, 1.807) is 6.92 Å². The molecule has 0 unspecified atom stereocenters. The smallest absolute Gasteiger partial charge is 0.224 e. The van der Waals surface area contributed by atoms with Gasteiger partial charge in [-0.2, -0.15) is 0 Å². The Bertz CT molecular complexity index is 1280. The van der Waals surface area contributed by atoms with Gasteiger partial charge in [0.15, 0.2) is 0 Å². The molecule has 0 aliphatic carbocycles. The molecule has 0 atom stereocenters. The lowest BCUT2D eigenvalue weighted by Gasteiger charge is -2.26. The molecule has 0 fully saturated rings. The first kappa shape index (κ1) is 19.0. The van der Waals surface area contributed by atoms with Crippen LogP contribution in [0.1, 0.15) is 23.6 Å². The molecule has 0 N–H and O–H groups in total. The number of fused-ring (bicyclic) bond motifs is 2. The number of hydrogen-bond acceptors (Lipinski definition) is 2. The summed E-state index contributed by atoms with van der Waals surface area (Å²) in [6.45, 7) is 2.11. The third kappa shape index (κ3) is 3.78. The van der Waals surface area contributed by atoms with Crippen LogP contribution < -0.4 is 4.90 Å². The quantitative estimate of drug-likeness (QED) is 0.386. The van der Waals surface area contributed by atoms with Gasteiger partial charge in [0.05, 0.1) is 17.9 Å². The second-order valence-corrected chi connectivity index (χ2v) is 7.71. The predicted octanol–water partition coefficient (Wildman–Crippen LogP) is 6.45. The van der Waals surface area contributed by atoms with E-state index in [0.717, 1.165) is 44.8 Å². The average molecular weight is 402 g/mol. The van der Waals surface area contributed by atoms with Crippen molar-refractivity contribution in [1.29, 1.82) is 0 Å². The van der Waals surface area contributed by atoms with Crippen molar-refractivity contribution < 1.29 is 4.79 Å². The standard InChI is InChI=1S/C28H22N2O/c1-20(31)30-19-26-18-29-27(22-10-6-3-7-11-22)16-24(26)14-12-23-13-15-25(17-28(23)30)21-8-4-2-5-9-21/h2-18H,19H2,1H3/b14-12-. The third-order valence-electron chi connectivity index (χ3n) is 5.67. The van der Waals surface area contributed by atoms with Crippen LogP contribution in [0, 0.1) is 0 Å². The van der Waals surface area contributed by atoms with Crippen molar-refractivity contribution in [3.8, 4) is 22.4 Å². The first-order chi connectivity index (χ1) is 15.2. The monoisotopic (exact) mass is 402 g/mol. The summed E-state index contributed by atoms with van der Waals surface area (Å²) in [6, 6.07) is 28.8. The van der Waals surface area contributed by atoms with Crippen LogP contribution in [-0.2, 0) is 11.3 Å². The Morgan fingerprint density at radius 1 is 0.774 bits per heavy atom. The number of pyridine rings is 1. The number of aromatic nitrogens is 1. The molecule has 0 radical (unpaired) electrons. The molecular formula is C28H22N2O. The zero-order valence-corrected chi connectivity index (χ0v) is 17.3. The molecule has 0 saturated heterocycles. The maximum Gasteiger partial charge on any atom is 0.224 e. The number of amides is 1. The normalized spacial score (nSPS) is 13.5. The van der Waals surface area contributed by atoms with Crippen LogP contribution in [-0.4, -0.2) is 10.9 Å². The van der Waals surface area contributed by atoms with Gasteiger partial charge in [-0.05, 0) is 39.9 Å². The first-order valence-corrected chi connectivity index (χ1v) is 10.4. The number of benzene rings is 3. The summed E-state index contributed by atoms with van der Waals surface area (Å²) < 4.78 is 0. The summed E-state index contributed by atoms with van der Waals surface area (Å²) in [6.07, 6.45) is 6.11. The summed E-state index contributed by atoms with van der Waals surface area (Å²) in [5.41, 5.74) is 8.30. The highest BCUT2D eigenvalue weighted by molar-refractivity contribution is 5.97. The van der Waals surface area contributed by atoms with Crippen LogP contribution in [0.4, 0.5) is 5.69 Å². The molecule has 0 spiro atoms. The molecule has 31 heavy (non-hydrogen) atoms. The molecule has 3 aromatic carbocycles. The van der Waals surface area contributed by atoms with Crippen LogP contribution >= 0.6 is 0 Å². The minimum atomic E-state index is 0.0137. The summed E-state index contributed by atoms with van der Waals surface area (Å²) in [5, 5.41) is 0. The van der Waals surface area contributed by atoms with E-state index in [4.69, 9.17) is 0 Å². The third-order valence-corrected chi connectivity index (χ3v) is 5.67. The van der Waals surface area contributed by atoms with E-state index in [0.29, 0.717) is 6.54 Å². The molecule has 4 aromatic rings. The van der Waals surface area contributed by atoms with Crippen LogP contribution in [0.15, 0.2) is 91.1 Å². The summed E-state index contributed by atoms with van der Waals surface area (Å²) >= 11 is 0. The molecule has 2 heterocycles. The fourth-order valence-electron chi connectivity index (χ4n) is 4.00. The van der Waals surface area contributed by atoms with Crippen molar-refractivity contribution in [3.05, 3.63) is 108 Å². The van der Waals surface area contributed by atoms with Gasteiger partial charge in [0, 0.05) is 18.7 Å². The second kappa shape index (κ2) is 8.04. The zero-order chi connectivity index (χ0) is 21.2. The Labute approximate surface area is 182 Å². The van der Waals surface area contributed by atoms with Gasteiger partial charge >= 0.3 is 0 Å². The van der Waals surface area contributed by atoms with Crippen molar-refractivity contribution >= 4 is 23.7 Å². The Morgan fingerprint density at radius 2 is 1.45 bits per heavy atom. The van der Waals surface area contributed by atoms with Gasteiger partial charge in [0.1, 0.15) is 0 Å². The minimum Gasteiger partial charge on any atom is -0.308 e. The van der Waals surface area contributed by atoms with E-state index < -0.39 is 0 Å². The highest BCUT2D eigenvalue weighted by Gasteiger charge is 2.20. The Morgan fingerprint density at radius 3 is 2.16 bits per heavy atom. The number of carbonyl (C=O) groups excluding carboxylic acids is 1. The van der Waals surface area contributed by atoms with Gasteiger partial charge < -0.3 is 4.90 Å². The topological polar surface area (TPSA) is 33.2 Å². The Hall–Kier alpha value is -3.98. The van der Waals surface area contributed by atoms with Crippen molar-refractivity contribution in [2.45, 2.75) is 13.5 Å². The van der Waals surface area contributed by atoms with E-state index >= 15 is 0 Å². The second-order valence-electron chi connectivity index (χ2n) is 7.71. The molecule has 1 aliphatic heterocycles. The van der Waals surface area contributed by atoms with Crippen LogP contribution in [0.2, 0.25) is 0 Å². The van der Waals surface area contributed by atoms with Crippen molar-refractivity contribution in [2.75, 3.05) is 4.90 Å². The van der Waals surface area contributed by atoms with Gasteiger partial charge in [0.2, 0.25) is 5.91 Å². The lowest BCUT2D eigenvalue weighted by atomic mass is 9.97. The fourth-order valence-corrected chi connectivity index (χ4v) is 4.00. The van der Waals surface area contributed by atoms with Crippen LogP contribution in [0.3, 0.4) is 0 Å². The Balaban J connectivity index is 1.61. The number of anilines is 1. The van der Waals surface area contributed by atoms with Crippen molar-refractivity contribution in [3.63, 3.8) is 0 Å². The predicted molar refractivity (Wildman–Crippen MR) is 127 cm³/mol. The minimum absolute atomic E-state index is 0.0137. The van der Waals surface area contributed by atoms with Gasteiger partial charge in [-0.15, -0.1) is 0 Å². The van der Waals surface area contributed by atoms with Gasteiger partial charge in [-0.3, -0.25) is 9.78 Å². The van der Waals surface area contributed by atoms with Crippen LogP contribution in [0.5, 0.6) is 0 Å². The number of rotatable bonds is 2. The molecule has 3 heteroatoms. The van der Waals surface area contributed by atoms with E-state index in [1.165, 1.54) is 0 Å². The van der Waals surface area contributed by atoms with E-state index in [1.807, 2.05) is 47.5 Å². The first-order valence-electron chi connectivity index (χ1n) is 10.4. The molecule has 0 bridgehead atoms. The molecule has 3 nitrogen and oxygen atoms in total. The SMILES string of the molecule is CC(=O)N1Cc2cnc(-c3ccccc3)cc2/C=C\c2ccc(-c3ccccc3)cc21. The fraction of sp³-hybridized carbons (Fsp3) is 0.0714. The van der Waals surface area contributed by atoms with Gasteiger partial charge in [-0.1, -0.05) is 84.9 Å². The average Bonchev–Trinajstić information content (AvgIpc) is 2.81. The van der Waals surface area contributed by atoms with E-state index in [2.05, 4.69) is 65.7 Å². The molecule has 1 amide bonds. The maximum atomic E-state index is 12.7. The van der Waals surface area contributed by atoms with Crippen molar-refractivity contribution in [1.82, 2.24) is 4.98 Å². The summed E-state index contributed by atoms with van der Waals surface area (Å²) in [5.74, 6) is 0.0137. The van der Waals surface area contributed by atoms with E-state index in [9.17, 15) is 4.79 Å². The summed E-state index contributed by atoms with van der Waals surface area (Å²) in [7, 11) is 0. The molecule has 0 saturated carbocycles. The number of hydrogen-bond donors (Lipinski definition) is 0. The number of carbonyl (C=O) groups is 1. The highest BCUT2D eigenvalue weighted by atomic mass is 16.2. The molecule has 1 aromatic heterocycles. The molecule has 1 aliphatic rings. The lowest BCUT2D eigenvalue weighted by Crippen LogP contribution is -2.29. The molecule has 5 rings (SSSR count). The Kier molecular flexibility index (Phi) is 4.93. The molecular weight excluding hydrogens is 380 g/mol. The summed E-state index contributed by atoms with van der Waals surface area (Å²) in [4.78, 5) is 19.2. The van der Waals surface area contributed by atoms with Gasteiger partial charge in [0.25, 0.3) is 0 Å². The lowest BCUT2D eigenvalue weighted by molar-refractivity contribution is -0.116. The molecule has 150 valence electrons. The van der Waals surface area contributed by atoms with Gasteiger partial charge in [-0.25, -0.2) is 0 Å². The largest absolute Gasteiger partial charge is 0.308 e. The zero-order valence-electron chi connectivity index (χ0n) is 17.3. The number of nitrogens with zero attached hydrogens (tertiary/aromatic N) is 2. The van der Waals surface area contributed by atoms with Crippen LogP contribution in [0.25, 0.3) is 34.5 Å². The highest BCUT2D eigenvalue weighted by Crippen LogP contribution is 2.33.